The number of hydrogen-bond donors (Lipinski definition) is 0. The lowest BCUT2D eigenvalue weighted by Gasteiger charge is -2.06. The van der Waals surface area contributed by atoms with Gasteiger partial charge in [0.1, 0.15) is 24.3 Å². The van der Waals surface area contributed by atoms with Gasteiger partial charge in [0.05, 0.1) is 0 Å². The quantitative estimate of drug-likeness (QED) is 0.719. The molecule has 0 amide bonds. The van der Waals surface area contributed by atoms with E-state index in [2.05, 4.69) is 4.99 Å². The van der Waals surface area contributed by atoms with E-state index in [1.54, 1.807) is 6.92 Å². The van der Waals surface area contributed by atoms with Gasteiger partial charge in [-0.25, -0.2) is 13.8 Å². The molecule has 0 saturated carbocycles. The van der Waals surface area contributed by atoms with Crippen molar-refractivity contribution >= 4 is 5.90 Å². The lowest BCUT2D eigenvalue weighted by atomic mass is 10.1. The van der Waals surface area contributed by atoms with Gasteiger partial charge in [-0.3, -0.25) is 0 Å². The van der Waals surface area contributed by atoms with Crippen molar-refractivity contribution < 1.29 is 13.5 Å². The van der Waals surface area contributed by atoms with Crippen LogP contribution in [-0.4, -0.2) is 12.5 Å². The Morgan fingerprint density at radius 1 is 1.31 bits per heavy atom. The summed E-state index contributed by atoms with van der Waals surface area (Å²) in [5.74, 6) is -0.390. The number of ether oxygens (including phenoxy) is 1. The maximum Gasteiger partial charge on any atom is 0.180 e. The Morgan fingerprint density at radius 2 is 2.00 bits per heavy atom. The third-order valence-electron chi connectivity index (χ3n) is 2.10. The first kappa shape index (κ1) is 12.6. The van der Waals surface area contributed by atoms with Crippen LogP contribution < -0.4 is 0 Å². The molecule has 1 atom stereocenters. The maximum atomic E-state index is 13.3. The molecular formula is C12H15F2NO. The molecule has 1 aliphatic rings. The van der Waals surface area contributed by atoms with Crippen LogP contribution in [-0.2, 0) is 4.74 Å². The van der Waals surface area contributed by atoms with Crippen LogP contribution in [0.4, 0.5) is 8.78 Å². The minimum absolute atomic E-state index is 0.252. The number of halogens is 2. The van der Waals surface area contributed by atoms with Crippen LogP contribution in [0.5, 0.6) is 0 Å². The summed E-state index contributed by atoms with van der Waals surface area (Å²) in [6.45, 7) is 5.98. The summed E-state index contributed by atoms with van der Waals surface area (Å²) >= 11 is 0. The first-order valence-electron chi connectivity index (χ1n) is 5.29. The molecule has 0 saturated heterocycles. The van der Waals surface area contributed by atoms with Crippen molar-refractivity contribution in [3.8, 4) is 0 Å². The van der Waals surface area contributed by atoms with Gasteiger partial charge in [0.25, 0.3) is 0 Å². The zero-order valence-electron chi connectivity index (χ0n) is 9.63. The molecule has 0 spiro atoms. The highest BCUT2D eigenvalue weighted by Gasteiger charge is 2.21. The Balaban J connectivity index is 0.000000606. The number of nitrogens with zero attached hydrogens (tertiary/aromatic N) is 1. The largest absolute Gasteiger partial charge is 0.479 e. The third kappa shape index (κ3) is 2.78. The van der Waals surface area contributed by atoms with Gasteiger partial charge in [0.2, 0.25) is 0 Å². The van der Waals surface area contributed by atoms with E-state index >= 15 is 0 Å². The molecule has 0 N–H and O–H groups in total. The van der Waals surface area contributed by atoms with E-state index in [1.807, 2.05) is 13.8 Å². The van der Waals surface area contributed by atoms with E-state index in [1.165, 1.54) is 0 Å². The van der Waals surface area contributed by atoms with Gasteiger partial charge < -0.3 is 4.74 Å². The van der Waals surface area contributed by atoms with Crippen LogP contribution in [0.3, 0.4) is 0 Å². The summed E-state index contributed by atoms with van der Waals surface area (Å²) < 4.78 is 31.2. The third-order valence-corrected chi connectivity index (χ3v) is 2.10. The molecular weight excluding hydrogens is 212 g/mol. The fraction of sp³-hybridized carbons (Fsp3) is 0.417. The van der Waals surface area contributed by atoms with Gasteiger partial charge in [-0.15, -0.1) is 0 Å². The van der Waals surface area contributed by atoms with Crippen molar-refractivity contribution in [3.63, 3.8) is 0 Å². The standard InChI is InChI=1S/C10H9F2NO.C2H6/c1-6-13-10(5-14-6)8-4-7(11)2-3-9(8)12;1-2/h2-4,10H,5H2,1H3;1-2H3. The zero-order chi connectivity index (χ0) is 12.1. The van der Waals surface area contributed by atoms with Gasteiger partial charge in [-0.2, -0.15) is 0 Å². The zero-order valence-corrected chi connectivity index (χ0v) is 9.63. The SMILES string of the molecule is CC.CC1=NC(c2cc(F)ccc2F)CO1. The average molecular weight is 227 g/mol. The van der Waals surface area contributed by atoms with Crippen molar-refractivity contribution in [1.82, 2.24) is 0 Å². The monoisotopic (exact) mass is 227 g/mol. The highest BCUT2D eigenvalue weighted by Crippen LogP contribution is 2.25. The fourth-order valence-electron chi connectivity index (χ4n) is 1.42. The molecule has 4 heteroatoms. The minimum Gasteiger partial charge on any atom is -0.479 e. The molecule has 1 aromatic carbocycles. The Bertz CT molecular complexity index is 391. The number of rotatable bonds is 1. The summed E-state index contributed by atoms with van der Waals surface area (Å²) in [7, 11) is 0. The molecule has 2 rings (SSSR count). The van der Waals surface area contributed by atoms with Gasteiger partial charge in [0, 0.05) is 12.5 Å². The van der Waals surface area contributed by atoms with Crippen LogP contribution in [0.1, 0.15) is 32.4 Å². The summed E-state index contributed by atoms with van der Waals surface area (Å²) in [5, 5.41) is 0. The second-order valence-electron chi connectivity index (χ2n) is 3.14. The lowest BCUT2D eigenvalue weighted by Crippen LogP contribution is -2.01. The molecule has 88 valence electrons. The first-order chi connectivity index (χ1) is 7.66. The van der Waals surface area contributed by atoms with E-state index in [4.69, 9.17) is 4.74 Å². The Morgan fingerprint density at radius 3 is 2.56 bits per heavy atom. The van der Waals surface area contributed by atoms with E-state index in [0.29, 0.717) is 5.90 Å². The highest BCUT2D eigenvalue weighted by molar-refractivity contribution is 5.75. The summed E-state index contributed by atoms with van der Waals surface area (Å²) in [6, 6.07) is 2.94. The molecule has 16 heavy (non-hydrogen) atoms. The first-order valence-corrected chi connectivity index (χ1v) is 5.29. The number of benzene rings is 1. The molecule has 0 bridgehead atoms. The molecule has 0 aliphatic carbocycles. The van der Waals surface area contributed by atoms with Crippen molar-refractivity contribution in [2.45, 2.75) is 26.8 Å². The number of aliphatic imine (C=N–C) groups is 1. The average Bonchev–Trinajstić information content (AvgIpc) is 2.71. The Hall–Kier alpha value is -1.45. The van der Waals surface area contributed by atoms with E-state index in [0.717, 1.165) is 18.2 Å². The maximum absolute atomic E-state index is 13.3. The second-order valence-corrected chi connectivity index (χ2v) is 3.14. The molecule has 1 heterocycles. The molecule has 0 fully saturated rings. The predicted octanol–water partition coefficient (Wildman–Crippen LogP) is 3.48. The van der Waals surface area contributed by atoms with Crippen molar-refractivity contribution in [2.75, 3.05) is 6.61 Å². The summed E-state index contributed by atoms with van der Waals surface area (Å²) in [5.41, 5.74) is 0.252. The van der Waals surface area contributed by atoms with Crippen LogP contribution in [0.25, 0.3) is 0 Å². The second kappa shape index (κ2) is 5.58. The van der Waals surface area contributed by atoms with Crippen molar-refractivity contribution in [3.05, 3.63) is 35.4 Å². The smallest absolute Gasteiger partial charge is 0.180 e. The Kier molecular flexibility index (Phi) is 4.40. The van der Waals surface area contributed by atoms with Crippen LogP contribution in [0.2, 0.25) is 0 Å². The molecule has 2 nitrogen and oxygen atoms in total. The molecule has 0 aromatic heterocycles. The molecule has 1 aromatic rings. The highest BCUT2D eigenvalue weighted by atomic mass is 19.1. The minimum atomic E-state index is -0.457. The van der Waals surface area contributed by atoms with Crippen LogP contribution in [0, 0.1) is 11.6 Å². The summed E-state index contributed by atoms with van der Waals surface area (Å²) in [4.78, 5) is 4.05. The lowest BCUT2D eigenvalue weighted by molar-refractivity contribution is 0.314. The van der Waals surface area contributed by atoms with Gasteiger partial charge >= 0.3 is 0 Å². The van der Waals surface area contributed by atoms with Crippen LogP contribution >= 0.6 is 0 Å². The van der Waals surface area contributed by atoms with Crippen LogP contribution in [0.15, 0.2) is 23.2 Å². The van der Waals surface area contributed by atoms with Crippen molar-refractivity contribution in [2.24, 2.45) is 4.99 Å². The van der Waals surface area contributed by atoms with Gasteiger partial charge in [-0.1, -0.05) is 13.8 Å². The predicted molar refractivity (Wildman–Crippen MR) is 59.5 cm³/mol. The topological polar surface area (TPSA) is 21.6 Å². The van der Waals surface area contributed by atoms with E-state index in [9.17, 15) is 8.78 Å². The number of hydrogen-bond acceptors (Lipinski definition) is 2. The normalized spacial score (nSPS) is 18.3. The molecule has 0 radical (unpaired) electrons. The van der Waals surface area contributed by atoms with Gasteiger partial charge in [0.15, 0.2) is 5.90 Å². The van der Waals surface area contributed by atoms with Gasteiger partial charge in [-0.05, 0) is 18.2 Å². The van der Waals surface area contributed by atoms with Crippen molar-refractivity contribution in [1.29, 1.82) is 0 Å². The molecule has 1 aliphatic heterocycles. The molecule has 1 unspecified atom stereocenters. The summed E-state index contributed by atoms with van der Waals surface area (Å²) in [6.07, 6.45) is 0. The Labute approximate surface area is 94.0 Å². The van der Waals surface area contributed by atoms with E-state index < -0.39 is 17.7 Å². The van der Waals surface area contributed by atoms with E-state index in [-0.39, 0.29) is 12.2 Å². The fourth-order valence-corrected chi connectivity index (χ4v) is 1.42.